The molecular formula is C18H30O. The van der Waals surface area contributed by atoms with E-state index in [2.05, 4.69) is 54.0 Å². The van der Waals surface area contributed by atoms with Crippen molar-refractivity contribution < 1.29 is 4.74 Å². The zero-order valence-corrected chi connectivity index (χ0v) is 13.2. The summed E-state index contributed by atoms with van der Waals surface area (Å²) in [5.74, 6) is 0. The van der Waals surface area contributed by atoms with E-state index in [0.717, 1.165) is 24.0 Å². The Morgan fingerprint density at radius 1 is 0.842 bits per heavy atom. The van der Waals surface area contributed by atoms with Gasteiger partial charge in [0.15, 0.2) is 0 Å². The molecule has 1 nitrogen and oxygen atoms in total. The molecule has 0 unspecified atom stereocenters. The maximum Gasteiger partial charge on any atom is 0.0678 e. The smallest absolute Gasteiger partial charge is 0.0678 e. The summed E-state index contributed by atoms with van der Waals surface area (Å²) in [5, 5.41) is 0. The fraction of sp³-hybridized carbons (Fsp3) is 0.556. The lowest BCUT2D eigenvalue weighted by molar-refractivity contribution is 0.169. The molecule has 0 spiro atoms. The zero-order chi connectivity index (χ0) is 15.1. The third-order valence-electron chi connectivity index (χ3n) is 3.13. The Morgan fingerprint density at radius 2 is 1.16 bits per heavy atom. The lowest BCUT2D eigenvalue weighted by Gasteiger charge is -2.22. The van der Waals surface area contributed by atoms with E-state index in [9.17, 15) is 0 Å². The summed E-state index contributed by atoms with van der Waals surface area (Å²) in [7, 11) is 0. The molecule has 0 radical (unpaired) electrons. The van der Waals surface area contributed by atoms with Gasteiger partial charge in [0.05, 0.1) is 13.2 Å². The van der Waals surface area contributed by atoms with E-state index < -0.39 is 0 Å². The number of allylic oxidation sites excluding steroid dienone is 2. The van der Waals surface area contributed by atoms with Gasteiger partial charge in [0.25, 0.3) is 0 Å². The minimum Gasteiger partial charge on any atom is -0.373 e. The molecule has 0 atom stereocenters. The Bertz CT molecular complexity index is 311. The fourth-order valence-corrected chi connectivity index (χ4v) is 1.87. The third kappa shape index (κ3) is 8.61. The van der Waals surface area contributed by atoms with Crippen LogP contribution in [0.5, 0.6) is 0 Å². The van der Waals surface area contributed by atoms with Crippen LogP contribution in [0.3, 0.4) is 0 Å². The highest BCUT2D eigenvalue weighted by molar-refractivity contribution is 5.06. The highest BCUT2D eigenvalue weighted by atomic mass is 16.5. The van der Waals surface area contributed by atoms with Crippen LogP contribution in [0.1, 0.15) is 40.5 Å². The average Bonchev–Trinajstić information content (AvgIpc) is 2.27. The van der Waals surface area contributed by atoms with Gasteiger partial charge in [-0.25, -0.2) is 0 Å². The molecule has 108 valence electrons. The van der Waals surface area contributed by atoms with E-state index in [4.69, 9.17) is 4.74 Å². The standard InChI is InChI=1S/C18H30O/c1-9-17(5,6)11-15(3)13-19-14-16(4)12-18(7,8)10-2/h9-10H,1-4,11-14H2,5-8H3. The SMILES string of the molecule is C=CC(C)(C)CC(=C)COCC(=C)CC(C)(C)C=C. The van der Waals surface area contributed by atoms with Crippen molar-refractivity contribution in [3.63, 3.8) is 0 Å². The summed E-state index contributed by atoms with van der Waals surface area (Å²) in [6.07, 6.45) is 5.73. The summed E-state index contributed by atoms with van der Waals surface area (Å²) in [6, 6.07) is 0. The molecule has 1 heteroatoms. The molecule has 0 saturated heterocycles. The van der Waals surface area contributed by atoms with Crippen LogP contribution in [0.15, 0.2) is 49.6 Å². The predicted octanol–water partition coefficient (Wildman–Crippen LogP) is 5.32. The van der Waals surface area contributed by atoms with Crippen molar-refractivity contribution in [3.8, 4) is 0 Å². The number of hydrogen-bond donors (Lipinski definition) is 0. The Balaban J connectivity index is 3.98. The van der Waals surface area contributed by atoms with E-state index >= 15 is 0 Å². The maximum atomic E-state index is 5.67. The Morgan fingerprint density at radius 3 is 1.42 bits per heavy atom. The number of hydrogen-bond acceptors (Lipinski definition) is 1. The molecule has 0 bridgehead atoms. The molecule has 0 N–H and O–H groups in total. The first kappa shape index (κ1) is 17.9. The van der Waals surface area contributed by atoms with Crippen LogP contribution < -0.4 is 0 Å². The van der Waals surface area contributed by atoms with E-state index in [1.165, 1.54) is 0 Å². The maximum absolute atomic E-state index is 5.67. The van der Waals surface area contributed by atoms with Crippen molar-refractivity contribution in [2.75, 3.05) is 13.2 Å². The van der Waals surface area contributed by atoms with Gasteiger partial charge in [-0.2, -0.15) is 0 Å². The topological polar surface area (TPSA) is 9.23 Å². The van der Waals surface area contributed by atoms with Crippen molar-refractivity contribution in [1.29, 1.82) is 0 Å². The quantitative estimate of drug-likeness (QED) is 0.484. The van der Waals surface area contributed by atoms with Crippen LogP contribution in [-0.2, 0) is 4.74 Å². The first-order valence-electron chi connectivity index (χ1n) is 6.80. The molecule has 0 aromatic rings. The third-order valence-corrected chi connectivity index (χ3v) is 3.13. The Labute approximate surface area is 119 Å². The molecule has 0 amide bonds. The van der Waals surface area contributed by atoms with Gasteiger partial charge in [-0.3, -0.25) is 0 Å². The number of rotatable bonds is 10. The first-order chi connectivity index (χ1) is 8.62. The van der Waals surface area contributed by atoms with Crippen molar-refractivity contribution >= 4 is 0 Å². The van der Waals surface area contributed by atoms with Gasteiger partial charge in [-0.15, -0.1) is 13.2 Å². The van der Waals surface area contributed by atoms with Gasteiger partial charge < -0.3 is 4.74 Å². The summed E-state index contributed by atoms with van der Waals surface area (Å²) in [4.78, 5) is 0. The average molecular weight is 262 g/mol. The molecule has 0 aliphatic heterocycles. The second kappa shape index (κ2) is 7.49. The molecule has 0 heterocycles. The molecule has 0 saturated carbocycles. The zero-order valence-electron chi connectivity index (χ0n) is 13.2. The van der Waals surface area contributed by atoms with Gasteiger partial charge in [-0.1, -0.05) is 64.2 Å². The summed E-state index contributed by atoms with van der Waals surface area (Å²) >= 11 is 0. The van der Waals surface area contributed by atoms with Crippen molar-refractivity contribution in [2.45, 2.75) is 40.5 Å². The lowest BCUT2D eigenvalue weighted by Crippen LogP contribution is -2.13. The van der Waals surface area contributed by atoms with E-state index in [1.807, 2.05) is 12.2 Å². The minimum absolute atomic E-state index is 0.0856. The monoisotopic (exact) mass is 262 g/mol. The Hall–Kier alpha value is -1.08. The summed E-state index contributed by atoms with van der Waals surface area (Å²) < 4.78 is 5.67. The lowest BCUT2D eigenvalue weighted by atomic mass is 9.86. The van der Waals surface area contributed by atoms with Crippen molar-refractivity contribution in [3.05, 3.63) is 49.6 Å². The van der Waals surface area contributed by atoms with Gasteiger partial charge in [-0.05, 0) is 23.7 Å². The van der Waals surface area contributed by atoms with Crippen LogP contribution in [0, 0.1) is 10.8 Å². The van der Waals surface area contributed by atoms with Gasteiger partial charge in [0.1, 0.15) is 0 Å². The Kier molecular flexibility index (Phi) is 7.07. The fourth-order valence-electron chi connectivity index (χ4n) is 1.87. The van der Waals surface area contributed by atoms with Gasteiger partial charge in [0.2, 0.25) is 0 Å². The molecule has 0 aliphatic carbocycles. The molecule has 19 heavy (non-hydrogen) atoms. The second-order valence-corrected chi connectivity index (χ2v) is 6.73. The van der Waals surface area contributed by atoms with Gasteiger partial charge >= 0.3 is 0 Å². The normalized spacial score (nSPS) is 12.0. The molecule has 0 aromatic carbocycles. The highest BCUT2D eigenvalue weighted by Gasteiger charge is 2.16. The largest absolute Gasteiger partial charge is 0.373 e. The van der Waals surface area contributed by atoms with Crippen LogP contribution in [0.2, 0.25) is 0 Å². The molecule has 0 fully saturated rings. The van der Waals surface area contributed by atoms with Crippen LogP contribution >= 0.6 is 0 Å². The summed E-state index contributed by atoms with van der Waals surface area (Å²) in [6.45, 7) is 25.6. The molecule has 0 aliphatic rings. The van der Waals surface area contributed by atoms with Gasteiger partial charge in [0, 0.05) is 0 Å². The number of ether oxygens (including phenoxy) is 1. The van der Waals surface area contributed by atoms with E-state index in [-0.39, 0.29) is 10.8 Å². The molecule has 0 aromatic heterocycles. The van der Waals surface area contributed by atoms with Crippen LogP contribution in [0.25, 0.3) is 0 Å². The van der Waals surface area contributed by atoms with E-state index in [0.29, 0.717) is 13.2 Å². The highest BCUT2D eigenvalue weighted by Crippen LogP contribution is 2.27. The van der Waals surface area contributed by atoms with Crippen LogP contribution in [-0.4, -0.2) is 13.2 Å². The van der Waals surface area contributed by atoms with Crippen LogP contribution in [0.4, 0.5) is 0 Å². The second-order valence-electron chi connectivity index (χ2n) is 6.73. The molecule has 0 rings (SSSR count). The summed E-state index contributed by atoms with van der Waals surface area (Å²) in [5.41, 5.74) is 2.37. The molecular weight excluding hydrogens is 232 g/mol. The van der Waals surface area contributed by atoms with Crippen molar-refractivity contribution in [2.24, 2.45) is 10.8 Å². The van der Waals surface area contributed by atoms with E-state index in [1.54, 1.807) is 0 Å². The minimum atomic E-state index is 0.0856. The van der Waals surface area contributed by atoms with Crippen molar-refractivity contribution in [1.82, 2.24) is 0 Å². The predicted molar refractivity (Wildman–Crippen MR) is 86.3 cm³/mol. The first-order valence-corrected chi connectivity index (χ1v) is 6.80.